The molecule has 2 aromatic rings. The number of aromatic nitrogens is 1. The molecule has 0 aliphatic rings. The molecule has 2 N–H and O–H groups in total. The van der Waals surface area contributed by atoms with Crippen LogP contribution in [0.5, 0.6) is 0 Å². The van der Waals surface area contributed by atoms with Crippen LogP contribution in [0.1, 0.15) is 19.5 Å². The lowest BCUT2D eigenvalue weighted by atomic mass is 9.95. The van der Waals surface area contributed by atoms with Crippen LogP contribution in [0.25, 0.3) is 10.6 Å². The maximum absolute atomic E-state index is 10.8. The fourth-order valence-corrected chi connectivity index (χ4v) is 2.64. The molecule has 1 aromatic carbocycles. The molecule has 2 radical (unpaired) electrons. The van der Waals surface area contributed by atoms with Crippen molar-refractivity contribution >= 4 is 30.7 Å². The van der Waals surface area contributed by atoms with Gasteiger partial charge in [-0.1, -0.05) is 29.7 Å². The molecule has 0 saturated heterocycles. The summed E-state index contributed by atoms with van der Waals surface area (Å²) in [6, 6.07) is 7.43. The van der Waals surface area contributed by atoms with Crippen molar-refractivity contribution in [3.05, 3.63) is 35.3 Å². The minimum absolute atomic E-state index is 0.701. The number of hydrogen-bond acceptors (Lipinski definition) is 3. The van der Waals surface area contributed by atoms with Gasteiger partial charge in [-0.25, -0.2) is 9.78 Å². The van der Waals surface area contributed by atoms with Gasteiger partial charge in [0.05, 0.1) is 11.2 Å². The number of hydrogen-bond donors (Lipinski definition) is 2. The topological polar surface area (TPSA) is 62.2 Å². The molecule has 0 atom stereocenters. The van der Waals surface area contributed by atoms with Crippen LogP contribution in [0, 0.1) is 0 Å². The number of nitrogens with zero attached hydrogens (tertiary/aromatic N) is 1. The summed E-state index contributed by atoms with van der Waals surface area (Å²) in [6.07, 6.45) is -1.06. The van der Waals surface area contributed by atoms with Crippen molar-refractivity contribution in [2.24, 2.45) is 0 Å². The predicted molar refractivity (Wildman–Crippen MR) is 77.1 cm³/mol. The van der Waals surface area contributed by atoms with E-state index in [0.29, 0.717) is 11.2 Å². The second kappa shape index (κ2) is 5.05. The summed E-state index contributed by atoms with van der Waals surface area (Å²) in [5.74, 6) is 0. The first kappa shape index (κ1) is 13.6. The van der Waals surface area contributed by atoms with Gasteiger partial charge in [0.25, 0.3) is 0 Å². The average molecular weight is 272 g/mol. The average Bonchev–Trinajstić information content (AvgIpc) is 2.78. The van der Waals surface area contributed by atoms with Gasteiger partial charge in [0, 0.05) is 10.9 Å². The summed E-state index contributed by atoms with van der Waals surface area (Å²) >= 11 is 1.48. The largest absolute Gasteiger partial charge is 0.465 e. The second-order valence-electron chi connectivity index (χ2n) is 4.72. The summed E-state index contributed by atoms with van der Waals surface area (Å²) in [5, 5.41) is 14.0. The first-order valence-corrected chi connectivity index (χ1v) is 6.59. The van der Waals surface area contributed by atoms with Gasteiger partial charge in [-0.15, -0.1) is 11.3 Å². The van der Waals surface area contributed by atoms with E-state index in [1.165, 1.54) is 11.3 Å². The lowest BCUT2D eigenvalue weighted by Crippen LogP contribution is -2.40. The zero-order valence-corrected chi connectivity index (χ0v) is 11.5. The lowest BCUT2D eigenvalue weighted by Gasteiger charge is -2.21. The number of benzene rings is 1. The Bertz CT molecular complexity index is 593. The Morgan fingerprint density at radius 2 is 2.00 bits per heavy atom. The fraction of sp³-hybridized carbons (Fsp3) is 0.231. The monoisotopic (exact) mass is 272 g/mol. The van der Waals surface area contributed by atoms with Crippen LogP contribution in [-0.4, -0.2) is 24.0 Å². The smallest absolute Gasteiger partial charge is 0.405 e. The van der Waals surface area contributed by atoms with Crippen LogP contribution in [0.3, 0.4) is 0 Å². The molecule has 96 valence electrons. The van der Waals surface area contributed by atoms with Crippen LogP contribution in [0.4, 0.5) is 4.79 Å². The van der Waals surface area contributed by atoms with Crippen molar-refractivity contribution in [1.82, 2.24) is 10.3 Å². The third kappa shape index (κ3) is 3.14. The molecule has 0 aliphatic carbocycles. The number of thiazole rings is 1. The molecule has 0 saturated carbocycles. The van der Waals surface area contributed by atoms with E-state index < -0.39 is 11.6 Å². The van der Waals surface area contributed by atoms with Crippen LogP contribution >= 0.6 is 11.3 Å². The summed E-state index contributed by atoms with van der Waals surface area (Å²) in [7, 11) is 5.64. The third-order valence-electron chi connectivity index (χ3n) is 2.72. The molecule has 0 spiro atoms. The molecule has 6 heteroatoms. The molecule has 1 aromatic heterocycles. The Morgan fingerprint density at radius 1 is 1.37 bits per heavy atom. The predicted octanol–water partition coefficient (Wildman–Crippen LogP) is 2.11. The standard InChI is InChI=1S/C13H13BN2O2S/c1-13(2,16-12(17)18)10-7-19-11(15-10)8-3-5-9(14)6-4-8/h3-7,16H,1-2H3,(H,17,18). The van der Waals surface area contributed by atoms with Gasteiger partial charge in [0.2, 0.25) is 0 Å². The summed E-state index contributed by atoms with van der Waals surface area (Å²) in [4.78, 5) is 15.2. The molecule has 19 heavy (non-hydrogen) atoms. The SMILES string of the molecule is [B]c1ccc(-c2nc(C(C)(C)NC(=O)O)cs2)cc1. The Morgan fingerprint density at radius 3 is 2.58 bits per heavy atom. The molecule has 1 amide bonds. The van der Waals surface area contributed by atoms with Crippen molar-refractivity contribution in [1.29, 1.82) is 0 Å². The maximum atomic E-state index is 10.8. The lowest BCUT2D eigenvalue weighted by molar-refractivity contribution is 0.182. The Kier molecular flexibility index (Phi) is 3.62. The highest BCUT2D eigenvalue weighted by atomic mass is 32.1. The molecule has 0 bridgehead atoms. The molecule has 2 rings (SSSR count). The molecule has 0 aliphatic heterocycles. The molecule has 1 heterocycles. The summed E-state index contributed by atoms with van der Waals surface area (Å²) < 4.78 is 0. The van der Waals surface area contributed by atoms with Crippen molar-refractivity contribution in [2.45, 2.75) is 19.4 Å². The van der Waals surface area contributed by atoms with Gasteiger partial charge in [-0.2, -0.15) is 0 Å². The number of amides is 1. The third-order valence-corrected chi connectivity index (χ3v) is 3.61. The van der Waals surface area contributed by atoms with Crippen LogP contribution in [0.15, 0.2) is 29.6 Å². The minimum Gasteiger partial charge on any atom is -0.465 e. The number of nitrogens with one attached hydrogen (secondary N) is 1. The van der Waals surface area contributed by atoms with Gasteiger partial charge in [0.15, 0.2) is 0 Å². The molecule has 4 nitrogen and oxygen atoms in total. The van der Waals surface area contributed by atoms with Crippen LogP contribution in [0.2, 0.25) is 0 Å². The molecular formula is C13H13BN2O2S. The van der Waals surface area contributed by atoms with E-state index in [9.17, 15) is 4.79 Å². The van der Waals surface area contributed by atoms with Gasteiger partial charge in [-0.3, -0.25) is 0 Å². The van der Waals surface area contributed by atoms with Crippen molar-refractivity contribution in [3.63, 3.8) is 0 Å². The first-order chi connectivity index (χ1) is 8.88. The highest BCUT2D eigenvalue weighted by Gasteiger charge is 2.25. The Balaban J connectivity index is 2.28. The molecule has 0 unspecified atom stereocenters. The summed E-state index contributed by atoms with van der Waals surface area (Å²) in [6.45, 7) is 3.56. The van der Waals surface area contributed by atoms with E-state index >= 15 is 0 Å². The highest BCUT2D eigenvalue weighted by molar-refractivity contribution is 7.13. The van der Waals surface area contributed by atoms with Gasteiger partial charge in [0.1, 0.15) is 12.9 Å². The second-order valence-corrected chi connectivity index (χ2v) is 5.57. The maximum Gasteiger partial charge on any atom is 0.405 e. The zero-order chi connectivity index (χ0) is 14.0. The van der Waals surface area contributed by atoms with Crippen molar-refractivity contribution < 1.29 is 9.90 Å². The highest BCUT2D eigenvalue weighted by Crippen LogP contribution is 2.28. The molecule has 0 fully saturated rings. The number of carboxylic acid groups (broad SMARTS) is 1. The van der Waals surface area contributed by atoms with E-state index in [1.54, 1.807) is 13.8 Å². The van der Waals surface area contributed by atoms with E-state index in [1.807, 2.05) is 29.6 Å². The van der Waals surface area contributed by atoms with E-state index in [-0.39, 0.29) is 0 Å². The van der Waals surface area contributed by atoms with E-state index in [4.69, 9.17) is 13.0 Å². The summed E-state index contributed by atoms with van der Waals surface area (Å²) in [5.41, 5.74) is 1.66. The number of rotatable bonds is 3. The Labute approximate surface area is 116 Å². The zero-order valence-electron chi connectivity index (χ0n) is 10.7. The fourth-order valence-electron chi connectivity index (χ4n) is 1.65. The first-order valence-electron chi connectivity index (χ1n) is 5.71. The molecular weight excluding hydrogens is 259 g/mol. The van der Waals surface area contributed by atoms with Gasteiger partial charge >= 0.3 is 6.09 Å². The van der Waals surface area contributed by atoms with Gasteiger partial charge in [-0.05, 0) is 13.8 Å². The van der Waals surface area contributed by atoms with E-state index in [0.717, 1.165) is 10.6 Å². The van der Waals surface area contributed by atoms with E-state index in [2.05, 4.69) is 10.3 Å². The quantitative estimate of drug-likeness (QED) is 0.841. The van der Waals surface area contributed by atoms with Crippen LogP contribution < -0.4 is 10.8 Å². The van der Waals surface area contributed by atoms with Crippen molar-refractivity contribution in [2.75, 3.05) is 0 Å². The van der Waals surface area contributed by atoms with Gasteiger partial charge < -0.3 is 10.4 Å². The Hall–Kier alpha value is -1.82. The number of carbonyl (C=O) groups is 1. The van der Waals surface area contributed by atoms with Crippen LogP contribution in [-0.2, 0) is 5.54 Å². The normalized spacial score (nSPS) is 11.3. The minimum atomic E-state index is -1.06. The van der Waals surface area contributed by atoms with Crippen molar-refractivity contribution in [3.8, 4) is 10.6 Å².